The van der Waals surface area contributed by atoms with Crippen molar-refractivity contribution in [3.63, 3.8) is 0 Å². The van der Waals surface area contributed by atoms with Crippen LogP contribution in [0.2, 0.25) is 0 Å². The van der Waals surface area contributed by atoms with Crippen molar-refractivity contribution in [2.75, 3.05) is 0 Å². The summed E-state index contributed by atoms with van der Waals surface area (Å²) in [6, 6.07) is 45.0. The molecule has 5 heteroatoms. The molecule has 10 aromatic rings. The first-order chi connectivity index (χ1) is 21.8. The third-order valence-electron chi connectivity index (χ3n) is 8.84. The van der Waals surface area contributed by atoms with E-state index in [4.69, 9.17) is 15.0 Å². The molecule has 44 heavy (non-hydrogen) atoms. The van der Waals surface area contributed by atoms with Crippen LogP contribution in [0.5, 0.6) is 0 Å². The quantitative estimate of drug-likeness (QED) is 0.205. The molecule has 0 aliphatic rings. The standard InChI is InChI=1S/C39H22N4S/c1-2-13-24-23(11-1)12-9-18-26(24)35-36-30(19-10-22-40-36)41-39(42-35)43-31-20-7-5-16-28(31)34-37(43)27-15-4-3-14-25(27)33-29-17-6-8-21-32(29)44-38(33)34/h1-22H. The lowest BCUT2D eigenvalue weighted by atomic mass is 10.00. The summed E-state index contributed by atoms with van der Waals surface area (Å²) >= 11 is 1.87. The normalized spacial score (nSPS) is 12.1. The van der Waals surface area contributed by atoms with E-state index in [0.29, 0.717) is 5.95 Å². The molecular formula is C39H22N4S. The summed E-state index contributed by atoms with van der Waals surface area (Å²) < 4.78 is 4.87. The van der Waals surface area contributed by atoms with Crippen LogP contribution in [-0.4, -0.2) is 19.5 Å². The van der Waals surface area contributed by atoms with E-state index >= 15 is 0 Å². The lowest BCUT2D eigenvalue weighted by molar-refractivity contribution is 1.01. The molecular weight excluding hydrogens is 557 g/mol. The zero-order valence-electron chi connectivity index (χ0n) is 23.4. The van der Waals surface area contributed by atoms with Gasteiger partial charge >= 0.3 is 0 Å². The second-order valence-electron chi connectivity index (χ2n) is 11.2. The van der Waals surface area contributed by atoms with Crippen molar-refractivity contribution in [1.29, 1.82) is 0 Å². The van der Waals surface area contributed by atoms with Crippen LogP contribution < -0.4 is 0 Å². The number of para-hydroxylation sites is 1. The maximum Gasteiger partial charge on any atom is 0.235 e. The van der Waals surface area contributed by atoms with Crippen molar-refractivity contribution in [3.8, 4) is 17.2 Å². The second kappa shape index (κ2) is 8.93. The molecule has 4 aromatic heterocycles. The Kier molecular flexibility index (Phi) is 4.84. The minimum atomic E-state index is 0.644. The molecule has 0 amide bonds. The molecule has 10 rings (SSSR count). The number of fused-ring (bicyclic) bond motifs is 12. The van der Waals surface area contributed by atoms with E-state index in [1.54, 1.807) is 0 Å². The van der Waals surface area contributed by atoms with Crippen molar-refractivity contribution in [2.45, 2.75) is 0 Å². The lowest BCUT2D eigenvalue weighted by Crippen LogP contribution is -2.04. The molecule has 0 saturated carbocycles. The SMILES string of the molecule is c1ccc2c(-c3nc(-n4c5ccccc5c5c6sc7ccccc7c6c6ccccc6c54)nc4cccnc34)cccc2c1. The molecule has 0 saturated heterocycles. The highest BCUT2D eigenvalue weighted by Crippen LogP contribution is 2.47. The number of hydrogen-bond acceptors (Lipinski definition) is 4. The molecule has 0 spiro atoms. The molecule has 0 fully saturated rings. The second-order valence-corrected chi connectivity index (χ2v) is 12.2. The van der Waals surface area contributed by atoms with Gasteiger partial charge in [-0.05, 0) is 40.4 Å². The monoisotopic (exact) mass is 578 g/mol. The summed E-state index contributed by atoms with van der Waals surface area (Å²) in [6.45, 7) is 0. The van der Waals surface area contributed by atoms with Crippen LogP contribution >= 0.6 is 11.3 Å². The van der Waals surface area contributed by atoms with Gasteiger partial charge in [-0.1, -0.05) is 103 Å². The van der Waals surface area contributed by atoms with Crippen molar-refractivity contribution in [3.05, 3.63) is 134 Å². The molecule has 204 valence electrons. The highest BCUT2D eigenvalue weighted by molar-refractivity contribution is 7.27. The number of thiophene rings is 1. The molecule has 0 bridgehead atoms. The highest BCUT2D eigenvalue weighted by atomic mass is 32.1. The van der Waals surface area contributed by atoms with Gasteiger partial charge < -0.3 is 0 Å². The summed E-state index contributed by atoms with van der Waals surface area (Å²) in [5.74, 6) is 0.644. The molecule has 0 aliphatic heterocycles. The predicted molar refractivity (Wildman–Crippen MR) is 185 cm³/mol. The van der Waals surface area contributed by atoms with Crippen molar-refractivity contribution in [1.82, 2.24) is 19.5 Å². The Morgan fingerprint density at radius 1 is 0.545 bits per heavy atom. The van der Waals surface area contributed by atoms with E-state index in [9.17, 15) is 0 Å². The van der Waals surface area contributed by atoms with Gasteiger partial charge in [0.2, 0.25) is 5.95 Å². The topological polar surface area (TPSA) is 43.6 Å². The van der Waals surface area contributed by atoms with Gasteiger partial charge in [0.1, 0.15) is 11.2 Å². The van der Waals surface area contributed by atoms with E-state index in [1.165, 1.54) is 47.1 Å². The number of aromatic nitrogens is 4. The Morgan fingerprint density at radius 3 is 2.18 bits per heavy atom. The minimum Gasteiger partial charge on any atom is -0.277 e. The van der Waals surface area contributed by atoms with Gasteiger partial charge in [0.15, 0.2) is 0 Å². The van der Waals surface area contributed by atoms with E-state index in [-0.39, 0.29) is 0 Å². The number of rotatable bonds is 2. The Morgan fingerprint density at radius 2 is 1.27 bits per heavy atom. The van der Waals surface area contributed by atoms with Crippen LogP contribution in [0, 0.1) is 0 Å². The van der Waals surface area contributed by atoms with Crippen LogP contribution in [0.3, 0.4) is 0 Å². The first-order valence-corrected chi connectivity index (χ1v) is 15.5. The maximum atomic E-state index is 5.39. The molecule has 4 heterocycles. The summed E-state index contributed by atoms with van der Waals surface area (Å²) in [5.41, 5.74) is 5.72. The molecule has 0 N–H and O–H groups in total. The van der Waals surface area contributed by atoms with E-state index in [2.05, 4.69) is 120 Å². The van der Waals surface area contributed by atoms with Gasteiger partial charge in [-0.15, -0.1) is 11.3 Å². The first kappa shape index (κ1) is 23.9. The lowest BCUT2D eigenvalue weighted by Gasteiger charge is -2.13. The Bertz CT molecular complexity index is 2780. The maximum absolute atomic E-state index is 5.39. The molecule has 0 atom stereocenters. The van der Waals surface area contributed by atoms with Crippen LogP contribution in [-0.2, 0) is 0 Å². The van der Waals surface area contributed by atoms with Gasteiger partial charge in [0.05, 0.1) is 16.6 Å². The van der Waals surface area contributed by atoms with Crippen LogP contribution in [0.25, 0.3) is 91.8 Å². The smallest absolute Gasteiger partial charge is 0.235 e. The highest BCUT2D eigenvalue weighted by Gasteiger charge is 2.23. The van der Waals surface area contributed by atoms with Crippen molar-refractivity contribution < 1.29 is 0 Å². The Hall–Kier alpha value is -5.65. The largest absolute Gasteiger partial charge is 0.277 e. The molecule has 6 aromatic carbocycles. The number of pyridine rings is 1. The predicted octanol–water partition coefficient (Wildman–Crippen LogP) is 10.5. The molecule has 0 radical (unpaired) electrons. The van der Waals surface area contributed by atoms with Crippen molar-refractivity contribution in [2.24, 2.45) is 0 Å². The number of benzene rings is 6. The Balaban J connectivity index is 1.42. The average molecular weight is 579 g/mol. The molecule has 0 unspecified atom stereocenters. The fourth-order valence-corrected chi connectivity index (χ4v) is 8.28. The van der Waals surface area contributed by atoms with E-state index in [1.807, 2.05) is 29.7 Å². The van der Waals surface area contributed by atoms with Crippen LogP contribution in [0.15, 0.2) is 134 Å². The van der Waals surface area contributed by atoms with Gasteiger partial charge in [-0.3, -0.25) is 9.55 Å². The zero-order chi connectivity index (χ0) is 28.8. The number of nitrogens with zero attached hydrogens (tertiary/aromatic N) is 4. The molecule has 0 aliphatic carbocycles. The minimum absolute atomic E-state index is 0.644. The van der Waals surface area contributed by atoms with Crippen molar-refractivity contribution >= 4 is 85.9 Å². The van der Waals surface area contributed by atoms with Gasteiger partial charge in [-0.25, -0.2) is 9.97 Å². The third kappa shape index (κ3) is 3.19. The first-order valence-electron chi connectivity index (χ1n) is 14.7. The fourth-order valence-electron chi connectivity index (χ4n) is 7.00. The van der Waals surface area contributed by atoms with Gasteiger partial charge in [-0.2, -0.15) is 0 Å². The summed E-state index contributed by atoms with van der Waals surface area (Å²) in [6.07, 6.45) is 1.83. The fraction of sp³-hybridized carbons (Fsp3) is 0. The van der Waals surface area contributed by atoms with Crippen LogP contribution in [0.4, 0.5) is 0 Å². The van der Waals surface area contributed by atoms with E-state index in [0.717, 1.165) is 38.7 Å². The van der Waals surface area contributed by atoms with E-state index < -0.39 is 0 Å². The Labute approximate surface area is 255 Å². The summed E-state index contributed by atoms with van der Waals surface area (Å²) in [5, 5.41) is 9.81. The van der Waals surface area contributed by atoms with Gasteiger partial charge in [0, 0.05) is 48.1 Å². The molecule has 4 nitrogen and oxygen atoms in total. The van der Waals surface area contributed by atoms with Crippen LogP contribution in [0.1, 0.15) is 0 Å². The van der Waals surface area contributed by atoms with Gasteiger partial charge in [0.25, 0.3) is 0 Å². The third-order valence-corrected chi connectivity index (χ3v) is 10.0. The summed E-state index contributed by atoms with van der Waals surface area (Å²) in [4.78, 5) is 15.4. The zero-order valence-corrected chi connectivity index (χ0v) is 24.2. The average Bonchev–Trinajstić information content (AvgIpc) is 3.64. The number of hydrogen-bond donors (Lipinski definition) is 0. The summed E-state index contributed by atoms with van der Waals surface area (Å²) in [7, 11) is 0.